The number of carbonyl (C=O) groups is 3. The summed E-state index contributed by atoms with van der Waals surface area (Å²) in [6.07, 6.45) is 1.68. The van der Waals surface area contributed by atoms with Crippen LogP contribution in [0.4, 0.5) is 11.4 Å². The number of rotatable bonds is 4. The van der Waals surface area contributed by atoms with Gasteiger partial charge < -0.3 is 15.0 Å². The van der Waals surface area contributed by atoms with Crippen LogP contribution < -0.4 is 10.2 Å². The first-order chi connectivity index (χ1) is 14.4. The zero-order chi connectivity index (χ0) is 21.0. The van der Waals surface area contributed by atoms with Crippen LogP contribution in [0.5, 0.6) is 0 Å². The number of hydrogen-bond acceptors (Lipinski definition) is 4. The molecule has 1 aliphatic heterocycles. The molecule has 0 radical (unpaired) electrons. The van der Waals surface area contributed by atoms with Crippen LogP contribution in [-0.4, -0.2) is 30.9 Å². The van der Waals surface area contributed by atoms with Gasteiger partial charge in [-0.3, -0.25) is 14.4 Å². The van der Waals surface area contributed by atoms with Gasteiger partial charge in [0.2, 0.25) is 5.91 Å². The number of nitrogens with zero attached hydrogens (tertiary/aromatic N) is 1. The molecule has 0 aromatic heterocycles. The number of carbonyl (C=O) groups excluding carboxylic acids is 3. The largest absolute Gasteiger partial charge is 0.462 e. The van der Waals surface area contributed by atoms with E-state index in [0.29, 0.717) is 11.3 Å². The minimum atomic E-state index is -0.337. The number of hydrogen-bond donors (Lipinski definition) is 1. The lowest BCUT2D eigenvalue weighted by Gasteiger charge is -2.23. The summed E-state index contributed by atoms with van der Waals surface area (Å²) in [7, 11) is 1.74. The van der Waals surface area contributed by atoms with Gasteiger partial charge in [0.15, 0.2) is 0 Å². The highest BCUT2D eigenvalue weighted by molar-refractivity contribution is 6.07. The quantitative estimate of drug-likeness (QED) is 0.793. The molecule has 5 atom stereocenters. The third-order valence-electron chi connectivity index (χ3n) is 6.86. The van der Waals surface area contributed by atoms with E-state index >= 15 is 0 Å². The Morgan fingerprint density at radius 2 is 1.90 bits per heavy atom. The average Bonchev–Trinajstić information content (AvgIpc) is 3.35. The molecule has 1 saturated heterocycles. The Morgan fingerprint density at radius 1 is 1.10 bits per heavy atom. The number of amides is 2. The van der Waals surface area contributed by atoms with Gasteiger partial charge in [0.25, 0.3) is 5.91 Å². The first-order valence-electron chi connectivity index (χ1n) is 10.4. The topological polar surface area (TPSA) is 75.7 Å². The highest BCUT2D eigenvalue weighted by atomic mass is 16.6. The van der Waals surface area contributed by atoms with Crippen LogP contribution in [0, 0.1) is 30.6 Å². The van der Waals surface area contributed by atoms with Gasteiger partial charge >= 0.3 is 5.97 Å². The first-order valence-corrected chi connectivity index (χ1v) is 10.4. The minimum Gasteiger partial charge on any atom is -0.462 e. The van der Waals surface area contributed by atoms with Gasteiger partial charge in [0, 0.05) is 29.9 Å². The van der Waals surface area contributed by atoms with Gasteiger partial charge in [-0.1, -0.05) is 18.2 Å². The van der Waals surface area contributed by atoms with Gasteiger partial charge in [0.05, 0.1) is 11.8 Å². The SMILES string of the molecule is Cc1cccc(N(C)C(=O)c2cccc(NC(=O)C3C4CC5OC(=O)C3C5C4)c2)c1. The summed E-state index contributed by atoms with van der Waals surface area (Å²) in [6.45, 7) is 1.98. The molecule has 6 nitrogen and oxygen atoms in total. The molecule has 2 amide bonds. The predicted molar refractivity (Wildman–Crippen MR) is 112 cm³/mol. The predicted octanol–water partition coefficient (Wildman–Crippen LogP) is 3.41. The molecule has 30 heavy (non-hydrogen) atoms. The minimum absolute atomic E-state index is 0.00894. The van der Waals surface area contributed by atoms with Crippen molar-refractivity contribution in [3.05, 3.63) is 59.7 Å². The molecule has 5 unspecified atom stereocenters. The molecule has 0 spiro atoms. The van der Waals surface area contributed by atoms with Crippen molar-refractivity contribution in [3.63, 3.8) is 0 Å². The summed E-state index contributed by atoms with van der Waals surface area (Å²) < 4.78 is 5.43. The Labute approximate surface area is 175 Å². The molecule has 2 aromatic rings. The molecular weight excluding hydrogens is 380 g/mol. The van der Waals surface area contributed by atoms with Crippen LogP contribution in [-0.2, 0) is 14.3 Å². The normalized spacial score (nSPS) is 28.3. The lowest BCUT2D eigenvalue weighted by Crippen LogP contribution is -2.35. The average molecular weight is 404 g/mol. The van der Waals surface area contributed by atoms with Crippen molar-refractivity contribution in [1.82, 2.24) is 0 Å². The van der Waals surface area contributed by atoms with Gasteiger partial charge in [-0.15, -0.1) is 0 Å². The van der Waals surface area contributed by atoms with Crippen LogP contribution in [0.15, 0.2) is 48.5 Å². The van der Waals surface area contributed by atoms with Crippen molar-refractivity contribution >= 4 is 29.2 Å². The Hall–Kier alpha value is -3.15. The Bertz CT molecular complexity index is 1050. The molecule has 2 saturated carbocycles. The van der Waals surface area contributed by atoms with Crippen LogP contribution in [0.1, 0.15) is 28.8 Å². The van der Waals surface area contributed by atoms with E-state index in [1.165, 1.54) is 0 Å². The van der Waals surface area contributed by atoms with Crippen LogP contribution >= 0.6 is 0 Å². The van der Waals surface area contributed by atoms with E-state index in [2.05, 4.69) is 5.32 Å². The molecule has 3 aliphatic rings. The van der Waals surface area contributed by atoms with Crippen LogP contribution in [0.3, 0.4) is 0 Å². The van der Waals surface area contributed by atoms with E-state index in [-0.39, 0.29) is 47.6 Å². The fourth-order valence-electron chi connectivity index (χ4n) is 5.47. The number of anilines is 2. The highest BCUT2D eigenvalue weighted by Gasteiger charge is 2.63. The maximum atomic E-state index is 13.0. The monoisotopic (exact) mass is 404 g/mol. The zero-order valence-electron chi connectivity index (χ0n) is 17.0. The summed E-state index contributed by atoms with van der Waals surface area (Å²) in [4.78, 5) is 39.7. The van der Waals surface area contributed by atoms with Gasteiger partial charge in [-0.05, 0) is 61.6 Å². The van der Waals surface area contributed by atoms with E-state index < -0.39 is 0 Å². The van der Waals surface area contributed by atoms with E-state index in [4.69, 9.17) is 4.74 Å². The standard InChI is InChI=1S/C24H24N2O4/c1-13-5-3-8-17(9-13)26(2)23(28)14-6-4-7-16(10-14)25-22(27)20-15-11-18-19(12-15)30-24(29)21(18)20/h3-10,15,18-21H,11-12H2,1-2H3,(H,25,27). The van der Waals surface area contributed by atoms with Crippen molar-refractivity contribution in [3.8, 4) is 0 Å². The fraction of sp³-hybridized carbons (Fsp3) is 0.375. The van der Waals surface area contributed by atoms with Crippen molar-refractivity contribution in [2.24, 2.45) is 23.7 Å². The van der Waals surface area contributed by atoms with Gasteiger partial charge in [-0.25, -0.2) is 0 Å². The van der Waals surface area contributed by atoms with Crippen molar-refractivity contribution in [2.45, 2.75) is 25.9 Å². The second-order valence-electron chi connectivity index (χ2n) is 8.70. The molecule has 2 bridgehead atoms. The first kappa shape index (κ1) is 18.9. The maximum absolute atomic E-state index is 13.0. The molecule has 3 fully saturated rings. The van der Waals surface area contributed by atoms with E-state index in [1.54, 1.807) is 36.2 Å². The fourth-order valence-corrected chi connectivity index (χ4v) is 5.47. The molecule has 5 rings (SSSR count). The second-order valence-corrected chi connectivity index (χ2v) is 8.70. The number of aryl methyl sites for hydroxylation is 1. The van der Waals surface area contributed by atoms with Crippen molar-refractivity contribution in [1.29, 1.82) is 0 Å². The Morgan fingerprint density at radius 3 is 2.70 bits per heavy atom. The number of fused-ring (bicyclic) bond motifs is 1. The summed E-state index contributed by atoms with van der Waals surface area (Å²) in [5.41, 5.74) is 2.94. The number of ether oxygens (including phenoxy) is 1. The molecule has 6 heteroatoms. The van der Waals surface area contributed by atoms with E-state index in [0.717, 1.165) is 24.1 Å². The summed E-state index contributed by atoms with van der Waals surface area (Å²) in [6, 6.07) is 14.7. The molecule has 1 N–H and O–H groups in total. The van der Waals surface area contributed by atoms with Gasteiger partial charge in [0.1, 0.15) is 6.10 Å². The zero-order valence-corrected chi connectivity index (χ0v) is 17.0. The molecule has 154 valence electrons. The van der Waals surface area contributed by atoms with E-state index in [1.807, 2.05) is 31.2 Å². The molecule has 2 aromatic carbocycles. The maximum Gasteiger partial charge on any atom is 0.310 e. The summed E-state index contributed by atoms with van der Waals surface area (Å²) >= 11 is 0. The summed E-state index contributed by atoms with van der Waals surface area (Å²) in [5.74, 6) is -0.793. The number of benzene rings is 2. The number of esters is 1. The molecule has 2 aliphatic carbocycles. The lowest BCUT2D eigenvalue weighted by atomic mass is 9.79. The lowest BCUT2D eigenvalue weighted by molar-refractivity contribution is -0.145. The Balaban J connectivity index is 1.32. The second kappa shape index (κ2) is 6.97. The Kier molecular flexibility index (Phi) is 4.38. The van der Waals surface area contributed by atoms with Crippen LogP contribution in [0.2, 0.25) is 0 Å². The third kappa shape index (κ3) is 2.98. The molecular formula is C24H24N2O4. The van der Waals surface area contributed by atoms with Gasteiger partial charge in [-0.2, -0.15) is 0 Å². The van der Waals surface area contributed by atoms with E-state index in [9.17, 15) is 14.4 Å². The number of nitrogens with one attached hydrogen (secondary N) is 1. The summed E-state index contributed by atoms with van der Waals surface area (Å²) in [5, 5.41) is 2.94. The van der Waals surface area contributed by atoms with Crippen molar-refractivity contribution in [2.75, 3.05) is 17.3 Å². The third-order valence-corrected chi connectivity index (χ3v) is 6.86. The molecule has 1 heterocycles. The van der Waals surface area contributed by atoms with Crippen molar-refractivity contribution < 1.29 is 19.1 Å². The van der Waals surface area contributed by atoms with Crippen LogP contribution in [0.25, 0.3) is 0 Å². The smallest absolute Gasteiger partial charge is 0.310 e. The highest BCUT2D eigenvalue weighted by Crippen LogP contribution is 2.57.